The lowest BCUT2D eigenvalue weighted by molar-refractivity contribution is -0.140. The van der Waals surface area contributed by atoms with Crippen LogP contribution in [0.2, 0.25) is 0 Å². The van der Waals surface area contributed by atoms with Crippen molar-refractivity contribution in [2.24, 2.45) is 16.7 Å². The van der Waals surface area contributed by atoms with Crippen LogP contribution in [0.25, 0.3) is 0 Å². The quantitative estimate of drug-likeness (QED) is 0.760. The average molecular weight is 354 g/mol. The average Bonchev–Trinajstić information content (AvgIpc) is 3.13. The summed E-state index contributed by atoms with van der Waals surface area (Å²) in [5, 5.41) is 0. The van der Waals surface area contributed by atoms with Crippen LogP contribution < -0.4 is 4.90 Å². The Morgan fingerprint density at radius 3 is 2.31 bits per heavy atom. The molecule has 0 radical (unpaired) electrons. The highest BCUT2D eigenvalue weighted by Crippen LogP contribution is 2.65. The van der Waals surface area contributed by atoms with Gasteiger partial charge in [0, 0.05) is 43.3 Å². The predicted molar refractivity (Wildman–Crippen MR) is 105 cm³/mol. The maximum Gasteiger partial charge on any atom is 0.233 e. The van der Waals surface area contributed by atoms with Gasteiger partial charge in [-0.3, -0.25) is 9.78 Å². The van der Waals surface area contributed by atoms with Crippen LogP contribution in [0.15, 0.2) is 24.3 Å². The van der Waals surface area contributed by atoms with Crippen LogP contribution in [0, 0.1) is 30.6 Å². The highest BCUT2D eigenvalue weighted by molar-refractivity contribution is 5.88. The van der Waals surface area contributed by atoms with E-state index in [2.05, 4.69) is 47.3 Å². The van der Waals surface area contributed by atoms with Crippen molar-refractivity contribution in [1.82, 2.24) is 9.88 Å². The summed E-state index contributed by atoms with van der Waals surface area (Å²) in [7, 11) is 0. The summed E-state index contributed by atoms with van der Waals surface area (Å²) in [4.78, 5) is 22.4. The van der Waals surface area contributed by atoms with Crippen molar-refractivity contribution < 1.29 is 4.79 Å². The van der Waals surface area contributed by atoms with E-state index in [4.69, 9.17) is 0 Å². The minimum atomic E-state index is -0.278. The zero-order valence-corrected chi connectivity index (χ0v) is 16.6. The second-order valence-electron chi connectivity index (χ2n) is 9.11. The number of piperazine rings is 1. The summed E-state index contributed by atoms with van der Waals surface area (Å²) in [6.45, 7) is 16.4. The molecule has 3 aliphatic rings. The Labute approximate surface area is 157 Å². The number of pyridine rings is 1. The second kappa shape index (κ2) is 5.83. The molecule has 26 heavy (non-hydrogen) atoms. The van der Waals surface area contributed by atoms with Gasteiger partial charge in [0.1, 0.15) is 0 Å². The number of fused-ring (bicyclic) bond motifs is 2. The first-order valence-electron chi connectivity index (χ1n) is 9.93. The van der Waals surface area contributed by atoms with Crippen LogP contribution in [0.3, 0.4) is 0 Å². The predicted octanol–water partition coefficient (Wildman–Crippen LogP) is 3.73. The number of carbonyl (C=O) groups is 1. The zero-order valence-electron chi connectivity index (χ0n) is 16.6. The van der Waals surface area contributed by atoms with Crippen LogP contribution in [-0.4, -0.2) is 42.0 Å². The van der Waals surface area contributed by atoms with Gasteiger partial charge in [-0.1, -0.05) is 26.0 Å². The van der Waals surface area contributed by atoms with Gasteiger partial charge in [-0.05, 0) is 56.6 Å². The van der Waals surface area contributed by atoms with E-state index in [1.807, 2.05) is 13.8 Å². The SMILES string of the molecule is C=C1C(C)(C)[C@H]2CC[C@]1(C(=O)N1CCN(c3cc(C)nc(C)c3)CC1)C2. The Balaban J connectivity index is 1.47. The van der Waals surface area contributed by atoms with E-state index >= 15 is 0 Å². The highest BCUT2D eigenvalue weighted by atomic mass is 16.2. The Morgan fingerprint density at radius 2 is 1.77 bits per heavy atom. The maximum absolute atomic E-state index is 13.5. The standard InChI is InChI=1S/C22H31N3O/c1-15-12-19(13-16(2)23-15)24-8-10-25(11-9-24)20(26)22-7-6-18(14-22)21(4,5)17(22)3/h12-13,18H,3,6-11,14H2,1-2,4-5H3/t18-,22-/m0/s1. The molecule has 3 fully saturated rings. The number of carbonyl (C=O) groups excluding carboxylic acids is 1. The molecule has 0 aromatic carbocycles. The number of aromatic nitrogens is 1. The monoisotopic (exact) mass is 353 g/mol. The van der Waals surface area contributed by atoms with Crippen molar-refractivity contribution in [2.75, 3.05) is 31.1 Å². The fourth-order valence-electron chi connectivity index (χ4n) is 5.59. The Morgan fingerprint density at radius 1 is 1.15 bits per heavy atom. The third kappa shape index (κ3) is 2.49. The molecule has 0 N–H and O–H groups in total. The topological polar surface area (TPSA) is 36.4 Å². The van der Waals surface area contributed by atoms with E-state index in [1.54, 1.807) is 0 Å². The molecule has 0 unspecified atom stereocenters. The van der Waals surface area contributed by atoms with Gasteiger partial charge in [0.25, 0.3) is 0 Å². The molecule has 4 rings (SSSR count). The Bertz CT molecular complexity index is 740. The van der Waals surface area contributed by atoms with Gasteiger partial charge in [-0.25, -0.2) is 0 Å². The normalized spacial score (nSPS) is 30.2. The molecule has 1 aromatic rings. The van der Waals surface area contributed by atoms with Gasteiger partial charge in [0.15, 0.2) is 0 Å². The van der Waals surface area contributed by atoms with Crippen molar-refractivity contribution in [3.8, 4) is 0 Å². The lowest BCUT2D eigenvalue weighted by atomic mass is 9.68. The van der Waals surface area contributed by atoms with Gasteiger partial charge in [-0.15, -0.1) is 0 Å². The third-order valence-electron chi connectivity index (χ3n) is 7.30. The molecule has 1 aliphatic heterocycles. The lowest BCUT2D eigenvalue weighted by Crippen LogP contribution is -2.53. The van der Waals surface area contributed by atoms with Crippen LogP contribution in [0.4, 0.5) is 5.69 Å². The zero-order chi connectivity index (χ0) is 18.7. The van der Waals surface area contributed by atoms with Gasteiger partial charge >= 0.3 is 0 Å². The first-order chi connectivity index (χ1) is 12.2. The molecule has 2 aliphatic carbocycles. The summed E-state index contributed by atoms with van der Waals surface area (Å²) < 4.78 is 0. The molecule has 2 heterocycles. The molecule has 2 atom stereocenters. The third-order valence-corrected chi connectivity index (χ3v) is 7.30. The number of rotatable bonds is 2. The van der Waals surface area contributed by atoms with E-state index in [9.17, 15) is 4.79 Å². The van der Waals surface area contributed by atoms with Gasteiger partial charge in [0.05, 0.1) is 5.41 Å². The van der Waals surface area contributed by atoms with E-state index < -0.39 is 0 Å². The number of nitrogens with zero attached hydrogens (tertiary/aromatic N) is 3. The molecule has 0 spiro atoms. The van der Waals surface area contributed by atoms with Crippen LogP contribution in [-0.2, 0) is 4.79 Å². The van der Waals surface area contributed by atoms with Crippen LogP contribution >= 0.6 is 0 Å². The van der Waals surface area contributed by atoms with Gasteiger partial charge < -0.3 is 9.80 Å². The number of hydrogen-bond donors (Lipinski definition) is 0. The van der Waals surface area contributed by atoms with Gasteiger partial charge in [0.2, 0.25) is 5.91 Å². The second-order valence-corrected chi connectivity index (χ2v) is 9.11. The Kier molecular flexibility index (Phi) is 3.94. The molecule has 1 aromatic heterocycles. The number of anilines is 1. The van der Waals surface area contributed by atoms with E-state index in [1.165, 1.54) is 17.7 Å². The van der Waals surface area contributed by atoms with Crippen molar-refractivity contribution in [3.05, 3.63) is 35.7 Å². The molecular weight excluding hydrogens is 322 g/mol. The summed E-state index contributed by atoms with van der Waals surface area (Å²) in [5.41, 5.74) is 4.36. The smallest absolute Gasteiger partial charge is 0.233 e. The van der Waals surface area contributed by atoms with Gasteiger partial charge in [-0.2, -0.15) is 0 Å². The molecule has 1 saturated heterocycles. The molecular formula is C22H31N3O. The van der Waals surface area contributed by atoms with Crippen LogP contribution in [0.5, 0.6) is 0 Å². The van der Waals surface area contributed by atoms with Crippen molar-refractivity contribution in [3.63, 3.8) is 0 Å². The van der Waals surface area contributed by atoms with Crippen molar-refractivity contribution in [1.29, 1.82) is 0 Å². The fraction of sp³-hybridized carbons (Fsp3) is 0.636. The Hall–Kier alpha value is -1.84. The fourth-order valence-corrected chi connectivity index (χ4v) is 5.59. The molecule has 4 heteroatoms. The summed E-state index contributed by atoms with van der Waals surface area (Å²) in [6.07, 6.45) is 3.19. The van der Waals surface area contributed by atoms with Crippen molar-refractivity contribution >= 4 is 11.6 Å². The van der Waals surface area contributed by atoms with Crippen LogP contribution in [0.1, 0.15) is 44.5 Å². The minimum Gasteiger partial charge on any atom is -0.368 e. The minimum absolute atomic E-state index is 0.113. The first kappa shape index (κ1) is 17.6. The van der Waals surface area contributed by atoms with E-state index in [0.29, 0.717) is 11.8 Å². The van der Waals surface area contributed by atoms with E-state index in [0.717, 1.165) is 50.4 Å². The molecule has 1 amide bonds. The summed E-state index contributed by atoms with van der Waals surface area (Å²) >= 11 is 0. The largest absolute Gasteiger partial charge is 0.368 e. The number of hydrogen-bond acceptors (Lipinski definition) is 3. The summed E-state index contributed by atoms with van der Waals surface area (Å²) in [6, 6.07) is 4.29. The molecule has 140 valence electrons. The highest BCUT2D eigenvalue weighted by Gasteiger charge is 2.61. The molecule has 2 bridgehead atoms. The number of aryl methyl sites for hydroxylation is 2. The molecule has 2 saturated carbocycles. The summed E-state index contributed by atoms with van der Waals surface area (Å²) in [5.74, 6) is 0.973. The lowest BCUT2D eigenvalue weighted by Gasteiger charge is -2.42. The molecule has 4 nitrogen and oxygen atoms in total. The maximum atomic E-state index is 13.5. The van der Waals surface area contributed by atoms with Crippen molar-refractivity contribution in [2.45, 2.75) is 47.0 Å². The first-order valence-corrected chi connectivity index (χ1v) is 9.93. The number of amides is 1. The van der Waals surface area contributed by atoms with E-state index in [-0.39, 0.29) is 10.8 Å².